The fourth-order valence-electron chi connectivity index (χ4n) is 4.24. The van der Waals surface area contributed by atoms with E-state index in [1.165, 1.54) is 31.1 Å². The molecule has 1 aliphatic heterocycles. The number of ether oxygens (including phenoxy) is 1. The van der Waals surface area contributed by atoms with Gasteiger partial charge in [-0.05, 0) is 37.6 Å². The lowest BCUT2D eigenvalue weighted by molar-refractivity contribution is -0.153. The molecule has 0 radical (unpaired) electrons. The number of aromatic nitrogens is 2. The Morgan fingerprint density at radius 3 is 2.50 bits per heavy atom. The average molecular weight is 538 g/mol. The minimum atomic E-state index is -4.77. The van der Waals surface area contributed by atoms with E-state index in [4.69, 9.17) is 4.74 Å². The molecule has 2 unspecified atom stereocenters. The van der Waals surface area contributed by atoms with Gasteiger partial charge in [0, 0.05) is 32.3 Å². The van der Waals surface area contributed by atoms with E-state index < -0.39 is 58.7 Å². The Balaban J connectivity index is 1.92. The first-order valence-corrected chi connectivity index (χ1v) is 11.6. The monoisotopic (exact) mass is 538 g/mol. The third-order valence-electron chi connectivity index (χ3n) is 6.60. The second-order valence-electron chi connectivity index (χ2n) is 9.00. The van der Waals surface area contributed by atoms with Crippen molar-refractivity contribution in [3.63, 3.8) is 0 Å². The van der Waals surface area contributed by atoms with E-state index in [1.54, 1.807) is 12.2 Å². The lowest BCUT2D eigenvalue weighted by Crippen LogP contribution is -2.46. The molecule has 0 aliphatic carbocycles. The SMILES string of the molecule is CCC(NC(=O)c1cn(-c2ccc(F)cc2F)c2nc(N3CCC(C)(OC)C3=O)ccc2c1=O)C(F)(F)F. The molecule has 8 nitrogen and oxygen atoms in total. The zero-order valence-electron chi connectivity index (χ0n) is 20.5. The normalized spacial score (nSPS) is 18.7. The van der Waals surface area contributed by atoms with Gasteiger partial charge in [0.15, 0.2) is 5.65 Å². The van der Waals surface area contributed by atoms with Gasteiger partial charge in [0.2, 0.25) is 5.43 Å². The van der Waals surface area contributed by atoms with Gasteiger partial charge >= 0.3 is 6.18 Å². The van der Waals surface area contributed by atoms with Gasteiger partial charge in [-0.1, -0.05) is 6.92 Å². The number of benzene rings is 1. The van der Waals surface area contributed by atoms with Crippen molar-refractivity contribution < 1.29 is 36.3 Å². The Hall–Kier alpha value is -3.87. The molecule has 2 aromatic heterocycles. The second-order valence-corrected chi connectivity index (χ2v) is 9.00. The molecule has 3 aromatic rings. The van der Waals surface area contributed by atoms with Gasteiger partial charge in [0.25, 0.3) is 11.8 Å². The van der Waals surface area contributed by atoms with Crippen LogP contribution in [0.1, 0.15) is 37.0 Å². The molecule has 0 bridgehead atoms. The number of fused-ring (bicyclic) bond motifs is 1. The Morgan fingerprint density at radius 2 is 1.92 bits per heavy atom. The van der Waals surface area contributed by atoms with Crippen LogP contribution in [0.5, 0.6) is 0 Å². The van der Waals surface area contributed by atoms with E-state index in [9.17, 15) is 36.3 Å². The number of methoxy groups -OCH3 is 1. The van der Waals surface area contributed by atoms with Crippen molar-refractivity contribution in [2.24, 2.45) is 0 Å². The number of halogens is 5. The zero-order valence-corrected chi connectivity index (χ0v) is 20.5. The van der Waals surface area contributed by atoms with Crippen LogP contribution in [0.2, 0.25) is 0 Å². The van der Waals surface area contributed by atoms with Gasteiger partial charge in [-0.2, -0.15) is 13.2 Å². The minimum absolute atomic E-state index is 0.0965. The average Bonchev–Trinajstić information content (AvgIpc) is 3.16. The van der Waals surface area contributed by atoms with E-state index in [-0.39, 0.29) is 29.1 Å². The van der Waals surface area contributed by atoms with E-state index in [0.29, 0.717) is 12.5 Å². The number of rotatable bonds is 6. The van der Waals surface area contributed by atoms with Crippen LogP contribution in [-0.2, 0) is 9.53 Å². The summed E-state index contributed by atoms with van der Waals surface area (Å²) in [5.41, 5.74) is -3.29. The number of carbonyl (C=O) groups is 2. The first-order valence-electron chi connectivity index (χ1n) is 11.6. The number of anilines is 1. The molecule has 1 saturated heterocycles. The highest BCUT2D eigenvalue weighted by atomic mass is 19.4. The van der Waals surface area contributed by atoms with Gasteiger partial charge in [-0.15, -0.1) is 0 Å². The maximum Gasteiger partial charge on any atom is 0.408 e. The number of carbonyl (C=O) groups excluding carboxylic acids is 2. The Kier molecular flexibility index (Phi) is 6.99. The smallest absolute Gasteiger partial charge is 0.369 e. The largest absolute Gasteiger partial charge is 0.408 e. The van der Waals surface area contributed by atoms with Crippen LogP contribution in [0, 0.1) is 11.6 Å². The number of hydrogen-bond acceptors (Lipinski definition) is 5. The van der Waals surface area contributed by atoms with Crippen LogP contribution >= 0.6 is 0 Å². The van der Waals surface area contributed by atoms with Gasteiger partial charge < -0.3 is 10.1 Å². The summed E-state index contributed by atoms with van der Waals surface area (Å²) in [5.74, 6) is -3.62. The molecule has 1 fully saturated rings. The molecule has 0 spiro atoms. The molecule has 4 rings (SSSR count). The Labute approximate surface area is 213 Å². The van der Waals surface area contributed by atoms with Crippen LogP contribution in [0.3, 0.4) is 0 Å². The quantitative estimate of drug-likeness (QED) is 0.481. The highest BCUT2D eigenvalue weighted by Crippen LogP contribution is 2.31. The predicted molar refractivity (Wildman–Crippen MR) is 127 cm³/mol. The third-order valence-corrected chi connectivity index (χ3v) is 6.60. The highest BCUT2D eigenvalue weighted by molar-refractivity contribution is 6.02. The van der Waals surface area contributed by atoms with Crippen molar-refractivity contribution in [2.45, 2.75) is 44.5 Å². The molecule has 2 atom stereocenters. The van der Waals surface area contributed by atoms with Crippen molar-refractivity contribution in [1.82, 2.24) is 14.9 Å². The summed E-state index contributed by atoms with van der Waals surface area (Å²) in [6.45, 7) is 3.05. The molecular weight excluding hydrogens is 515 g/mol. The summed E-state index contributed by atoms with van der Waals surface area (Å²) in [5, 5.41) is 1.56. The lowest BCUT2D eigenvalue weighted by atomic mass is 10.1. The maximum atomic E-state index is 14.8. The van der Waals surface area contributed by atoms with Gasteiger partial charge in [-0.3, -0.25) is 23.9 Å². The number of pyridine rings is 2. The summed E-state index contributed by atoms with van der Waals surface area (Å²) >= 11 is 0. The molecule has 0 saturated carbocycles. The van der Waals surface area contributed by atoms with Crippen LogP contribution in [0.25, 0.3) is 16.7 Å². The third kappa shape index (κ3) is 4.73. The van der Waals surface area contributed by atoms with Gasteiger partial charge in [0.1, 0.15) is 34.7 Å². The molecule has 1 aromatic carbocycles. The Bertz CT molecular complexity index is 1490. The highest BCUT2D eigenvalue weighted by Gasteiger charge is 2.44. The molecular formula is C25H23F5N4O4. The number of alkyl halides is 3. The van der Waals surface area contributed by atoms with E-state index >= 15 is 0 Å². The summed E-state index contributed by atoms with van der Waals surface area (Å²) in [7, 11) is 1.39. The molecule has 202 valence electrons. The van der Waals surface area contributed by atoms with Crippen molar-refractivity contribution in [3.05, 3.63) is 63.9 Å². The molecule has 38 heavy (non-hydrogen) atoms. The molecule has 1 N–H and O–H groups in total. The van der Waals surface area contributed by atoms with Crippen molar-refractivity contribution in [1.29, 1.82) is 0 Å². The van der Waals surface area contributed by atoms with Gasteiger partial charge in [-0.25, -0.2) is 13.8 Å². The van der Waals surface area contributed by atoms with Crippen LogP contribution in [0.4, 0.5) is 27.8 Å². The molecule has 13 heteroatoms. The summed E-state index contributed by atoms with van der Waals surface area (Å²) in [6.07, 6.45) is -4.06. The maximum absolute atomic E-state index is 14.8. The van der Waals surface area contributed by atoms with Gasteiger partial charge in [0.05, 0.1) is 11.1 Å². The predicted octanol–water partition coefficient (Wildman–Crippen LogP) is 3.88. The van der Waals surface area contributed by atoms with Crippen LogP contribution in [-0.4, -0.2) is 52.8 Å². The zero-order chi connectivity index (χ0) is 28.0. The van der Waals surface area contributed by atoms with Crippen molar-refractivity contribution in [3.8, 4) is 5.69 Å². The van der Waals surface area contributed by atoms with E-state index in [0.717, 1.165) is 22.9 Å². The second kappa shape index (κ2) is 9.78. The number of nitrogens with zero attached hydrogens (tertiary/aromatic N) is 3. The number of amides is 2. The topological polar surface area (TPSA) is 93.5 Å². The standard InChI is InChI=1S/C25H23F5N4O4/c1-4-18(25(28,29)30)31-22(36)15-12-34(17-7-5-13(26)11-16(17)27)21-14(20(15)35)6-8-19(32-21)33-10-9-24(2,38-3)23(33)37/h5-8,11-12,18H,4,9-10H2,1-3H3,(H,31,36). The summed E-state index contributed by atoms with van der Waals surface area (Å²) in [6, 6.07) is 2.87. The Morgan fingerprint density at radius 1 is 1.21 bits per heavy atom. The lowest BCUT2D eigenvalue weighted by Gasteiger charge is -2.22. The summed E-state index contributed by atoms with van der Waals surface area (Å²) < 4.78 is 74.5. The van der Waals surface area contributed by atoms with Crippen LogP contribution < -0.4 is 15.6 Å². The number of nitrogens with one attached hydrogen (secondary N) is 1. The fraction of sp³-hybridized carbons (Fsp3) is 0.360. The fourth-order valence-corrected chi connectivity index (χ4v) is 4.24. The first-order chi connectivity index (χ1) is 17.8. The number of hydrogen-bond donors (Lipinski definition) is 1. The van der Waals surface area contributed by atoms with Crippen molar-refractivity contribution in [2.75, 3.05) is 18.6 Å². The first kappa shape index (κ1) is 27.2. The van der Waals surface area contributed by atoms with Crippen molar-refractivity contribution >= 4 is 28.7 Å². The molecule has 1 aliphatic rings. The molecule has 3 heterocycles. The van der Waals surface area contributed by atoms with Crippen LogP contribution in [0.15, 0.2) is 41.3 Å². The van der Waals surface area contributed by atoms with E-state index in [2.05, 4.69) is 4.98 Å². The molecule has 2 amide bonds. The minimum Gasteiger partial charge on any atom is -0.369 e. The summed E-state index contributed by atoms with van der Waals surface area (Å²) in [4.78, 5) is 44.6. The van der Waals surface area contributed by atoms with E-state index in [1.807, 2.05) is 0 Å².